The van der Waals surface area contributed by atoms with Crippen molar-refractivity contribution in [2.75, 3.05) is 0 Å². The van der Waals surface area contributed by atoms with Crippen LogP contribution in [0.25, 0.3) is 0 Å². The van der Waals surface area contributed by atoms with Gasteiger partial charge in [-0.2, -0.15) is 0 Å². The average molecular weight is 69.1 g/mol. The molecule has 0 bridgehead atoms. The van der Waals surface area contributed by atoms with E-state index >= 15 is 0 Å². The lowest BCUT2D eigenvalue weighted by Crippen LogP contribution is -1.71. The maximum atomic E-state index is 5.05. The highest BCUT2D eigenvalue weighted by Gasteiger charge is 1.74. The van der Waals surface area contributed by atoms with Gasteiger partial charge in [0.2, 0.25) is 0 Å². The molecule has 0 fully saturated rings. The zero-order valence-electron chi connectivity index (χ0n) is 3.73. The highest BCUT2D eigenvalue weighted by atomic mass is 13.8. The van der Waals surface area contributed by atoms with Crippen LogP contribution in [0.1, 0.15) is 13.8 Å². The molecule has 29 valence electrons. The summed E-state index contributed by atoms with van der Waals surface area (Å²) in [5.74, 6) is 0.537. The van der Waals surface area contributed by atoms with Crippen molar-refractivity contribution in [3.63, 3.8) is 0 Å². The molecule has 0 saturated carbocycles. The average Bonchev–Trinajstić information content (AvgIpc) is 1.38. The van der Waals surface area contributed by atoms with E-state index in [1.165, 1.54) is 0 Å². The van der Waals surface area contributed by atoms with Gasteiger partial charge >= 0.3 is 0 Å². The predicted molar refractivity (Wildman–Crippen MR) is 23.7 cm³/mol. The molecule has 0 atom stereocenters. The van der Waals surface area contributed by atoms with Crippen molar-refractivity contribution in [1.82, 2.24) is 0 Å². The molecule has 0 aromatic rings. The van der Waals surface area contributed by atoms with Gasteiger partial charge < -0.3 is 0 Å². The number of hydrogen-bond acceptors (Lipinski definition) is 0. The fraction of sp³-hybridized carbons (Fsp3) is 0.600. The van der Waals surface area contributed by atoms with E-state index in [0.29, 0.717) is 5.92 Å². The van der Waals surface area contributed by atoms with Crippen LogP contribution in [-0.2, 0) is 0 Å². The molecule has 0 aliphatic heterocycles. The molecule has 0 N–H and O–H groups in total. The highest BCUT2D eigenvalue weighted by molar-refractivity contribution is 4.65. The Morgan fingerprint density at radius 1 is 1.60 bits per heavy atom. The minimum absolute atomic E-state index is 0.537. The van der Waals surface area contributed by atoms with Crippen molar-refractivity contribution in [1.29, 1.82) is 0 Å². The van der Waals surface area contributed by atoms with Crippen molar-refractivity contribution >= 4 is 0 Å². The minimum Gasteiger partial charge on any atom is -0.0820 e. The molecule has 0 heteroatoms. The van der Waals surface area contributed by atoms with Crippen LogP contribution >= 0.6 is 0 Å². The fourth-order valence-electron chi connectivity index (χ4n) is 0. The van der Waals surface area contributed by atoms with Gasteiger partial charge in [0.05, 0.1) is 0 Å². The molecule has 0 rings (SSSR count). The molecule has 0 amide bonds. The Hall–Kier alpha value is -0.260. The van der Waals surface area contributed by atoms with Crippen LogP contribution in [-0.4, -0.2) is 0 Å². The van der Waals surface area contributed by atoms with Gasteiger partial charge in [-0.15, -0.1) is 0 Å². The minimum atomic E-state index is 0.537. The van der Waals surface area contributed by atoms with Crippen molar-refractivity contribution in [3.8, 4) is 0 Å². The molecule has 0 aromatic heterocycles. The lowest BCUT2D eigenvalue weighted by Gasteiger charge is -1.83. The first-order valence-corrected chi connectivity index (χ1v) is 1.82. The molecule has 0 aromatic carbocycles. The number of rotatable bonds is 1. The van der Waals surface area contributed by atoms with Crippen LogP contribution < -0.4 is 0 Å². The molecular weight excluding hydrogens is 60.1 g/mol. The molecule has 0 saturated heterocycles. The molecule has 0 spiro atoms. The molecule has 0 nitrogen and oxygen atoms in total. The molecule has 0 aliphatic rings. The van der Waals surface area contributed by atoms with Gasteiger partial charge in [0.1, 0.15) is 0 Å². The second-order valence-electron chi connectivity index (χ2n) is 1.44. The first-order valence-electron chi connectivity index (χ1n) is 1.82. The Kier molecular flexibility index (Phi) is 1.90. The normalized spacial score (nSPS) is 8.60. The quantitative estimate of drug-likeness (QED) is 0.439. The van der Waals surface area contributed by atoms with Crippen LogP contribution in [0.4, 0.5) is 0 Å². The smallest absolute Gasteiger partial charge is 0.0287 e. The molecule has 5 heavy (non-hydrogen) atoms. The SMILES string of the molecule is [CH]=CC(C)C. The predicted octanol–water partition coefficient (Wildman–Crippen LogP) is 1.63. The summed E-state index contributed by atoms with van der Waals surface area (Å²) in [5, 5.41) is 0. The summed E-state index contributed by atoms with van der Waals surface area (Å²) in [6, 6.07) is 0. The fourth-order valence-corrected chi connectivity index (χ4v) is 0. The summed E-state index contributed by atoms with van der Waals surface area (Å²) in [6.07, 6.45) is 1.67. The van der Waals surface area contributed by atoms with Crippen molar-refractivity contribution in [2.45, 2.75) is 13.8 Å². The highest BCUT2D eigenvalue weighted by Crippen LogP contribution is 1.87. The summed E-state index contributed by atoms with van der Waals surface area (Å²) < 4.78 is 0. The second-order valence-corrected chi connectivity index (χ2v) is 1.44. The summed E-state index contributed by atoms with van der Waals surface area (Å²) in [5.41, 5.74) is 0. The Labute approximate surface area is 33.5 Å². The third-order valence-electron chi connectivity index (χ3n) is 0.385. The van der Waals surface area contributed by atoms with Gasteiger partial charge in [-0.3, -0.25) is 0 Å². The van der Waals surface area contributed by atoms with Crippen molar-refractivity contribution in [3.05, 3.63) is 12.7 Å². The van der Waals surface area contributed by atoms with Crippen LogP contribution in [0, 0.1) is 12.5 Å². The number of allylic oxidation sites excluding steroid dienone is 1. The van der Waals surface area contributed by atoms with Gasteiger partial charge in [0, 0.05) is 0 Å². The maximum Gasteiger partial charge on any atom is -0.0287 e. The van der Waals surface area contributed by atoms with Crippen molar-refractivity contribution in [2.24, 2.45) is 5.92 Å². The lowest BCUT2D eigenvalue weighted by atomic mass is 10.2. The van der Waals surface area contributed by atoms with E-state index in [1.807, 2.05) is 13.8 Å². The third-order valence-corrected chi connectivity index (χ3v) is 0.385. The van der Waals surface area contributed by atoms with Crippen LogP contribution in [0.5, 0.6) is 0 Å². The van der Waals surface area contributed by atoms with Gasteiger partial charge in [-0.25, -0.2) is 0 Å². The molecular formula is C5H9. The standard InChI is InChI=1S/C5H9/c1-4-5(2)3/h1,4-5H,2-3H3. The Morgan fingerprint density at radius 3 is 1.80 bits per heavy atom. The summed E-state index contributed by atoms with van der Waals surface area (Å²) >= 11 is 0. The van der Waals surface area contributed by atoms with E-state index < -0.39 is 0 Å². The van der Waals surface area contributed by atoms with Gasteiger partial charge in [0.15, 0.2) is 0 Å². The Balaban J connectivity index is 2.83. The van der Waals surface area contributed by atoms with Crippen LogP contribution in [0.15, 0.2) is 6.08 Å². The van der Waals surface area contributed by atoms with Crippen LogP contribution in [0.2, 0.25) is 0 Å². The summed E-state index contributed by atoms with van der Waals surface area (Å²) in [6.45, 7) is 9.13. The molecule has 1 radical (unpaired) electrons. The molecule has 0 heterocycles. The molecule has 0 aliphatic carbocycles. The number of hydrogen-bond donors (Lipinski definition) is 0. The van der Waals surface area contributed by atoms with Crippen LogP contribution in [0.3, 0.4) is 0 Å². The van der Waals surface area contributed by atoms with E-state index in [9.17, 15) is 0 Å². The Bertz CT molecular complexity index is 27.0. The van der Waals surface area contributed by atoms with E-state index in [1.54, 1.807) is 6.08 Å². The summed E-state index contributed by atoms with van der Waals surface area (Å²) in [4.78, 5) is 0. The van der Waals surface area contributed by atoms with E-state index in [-0.39, 0.29) is 0 Å². The third kappa shape index (κ3) is 3.74. The zero-order valence-corrected chi connectivity index (χ0v) is 3.73. The van der Waals surface area contributed by atoms with Gasteiger partial charge in [0.25, 0.3) is 0 Å². The Morgan fingerprint density at radius 2 is 1.80 bits per heavy atom. The first kappa shape index (κ1) is 4.74. The monoisotopic (exact) mass is 69.1 g/mol. The van der Waals surface area contributed by atoms with Gasteiger partial charge in [-0.05, 0) is 5.92 Å². The van der Waals surface area contributed by atoms with Gasteiger partial charge in [-0.1, -0.05) is 26.5 Å². The second kappa shape index (κ2) is 2.01. The van der Waals surface area contributed by atoms with E-state index in [4.69, 9.17) is 6.58 Å². The zero-order chi connectivity index (χ0) is 4.28. The van der Waals surface area contributed by atoms with E-state index in [0.717, 1.165) is 0 Å². The topological polar surface area (TPSA) is 0 Å². The summed E-state index contributed by atoms with van der Waals surface area (Å²) in [7, 11) is 0. The lowest BCUT2D eigenvalue weighted by molar-refractivity contribution is 0.833. The maximum absolute atomic E-state index is 5.05. The van der Waals surface area contributed by atoms with E-state index in [2.05, 4.69) is 0 Å². The molecule has 0 unspecified atom stereocenters. The largest absolute Gasteiger partial charge is 0.0820 e. The first-order chi connectivity index (χ1) is 2.27. The van der Waals surface area contributed by atoms with Crippen molar-refractivity contribution < 1.29 is 0 Å².